The molecule has 0 saturated heterocycles. The molecule has 0 amide bonds. The van der Waals surface area contributed by atoms with E-state index in [2.05, 4.69) is 19.9 Å². The van der Waals surface area contributed by atoms with Crippen LogP contribution in [0.2, 0.25) is 0 Å². The van der Waals surface area contributed by atoms with Gasteiger partial charge in [0.05, 0.1) is 6.10 Å². The van der Waals surface area contributed by atoms with Gasteiger partial charge >= 0.3 is 0 Å². The van der Waals surface area contributed by atoms with Crippen LogP contribution >= 0.6 is 0 Å². The van der Waals surface area contributed by atoms with Gasteiger partial charge in [0.2, 0.25) is 0 Å². The third kappa shape index (κ3) is 1.93. The van der Waals surface area contributed by atoms with Crippen molar-refractivity contribution in [1.82, 2.24) is 0 Å². The SMILES string of the molecule is CC1=CCC(C(C)C)=CC1O. The summed E-state index contributed by atoms with van der Waals surface area (Å²) in [6.45, 7) is 6.29. The smallest absolute Gasteiger partial charge is 0.0932 e. The number of aliphatic hydroxyl groups is 1. The van der Waals surface area contributed by atoms with Crippen molar-refractivity contribution in [2.75, 3.05) is 0 Å². The molecule has 1 aliphatic rings. The maximum absolute atomic E-state index is 9.45. The third-order valence-corrected chi connectivity index (χ3v) is 2.24. The Kier molecular flexibility index (Phi) is 2.50. The van der Waals surface area contributed by atoms with Gasteiger partial charge < -0.3 is 5.11 Å². The molecule has 0 spiro atoms. The van der Waals surface area contributed by atoms with Crippen molar-refractivity contribution >= 4 is 0 Å². The molecule has 1 unspecified atom stereocenters. The summed E-state index contributed by atoms with van der Waals surface area (Å²) in [5.41, 5.74) is 2.43. The van der Waals surface area contributed by atoms with Crippen LogP contribution in [0.1, 0.15) is 27.2 Å². The van der Waals surface area contributed by atoms with E-state index in [4.69, 9.17) is 0 Å². The van der Waals surface area contributed by atoms with Gasteiger partial charge in [-0.05, 0) is 24.8 Å². The molecule has 0 bridgehead atoms. The van der Waals surface area contributed by atoms with E-state index in [9.17, 15) is 5.11 Å². The average molecular weight is 152 g/mol. The summed E-state index contributed by atoms with van der Waals surface area (Å²) in [4.78, 5) is 0. The molecule has 0 saturated carbocycles. The van der Waals surface area contributed by atoms with Gasteiger partial charge in [-0.15, -0.1) is 0 Å². The Bertz CT molecular complexity index is 199. The fraction of sp³-hybridized carbons (Fsp3) is 0.600. The second-order valence-electron chi connectivity index (χ2n) is 3.49. The number of rotatable bonds is 1. The summed E-state index contributed by atoms with van der Waals surface area (Å²) in [6.07, 6.45) is 4.77. The highest BCUT2D eigenvalue weighted by Gasteiger charge is 2.12. The van der Waals surface area contributed by atoms with Crippen LogP contribution in [0.15, 0.2) is 23.3 Å². The van der Waals surface area contributed by atoms with E-state index >= 15 is 0 Å². The highest BCUT2D eigenvalue weighted by molar-refractivity contribution is 5.26. The molecule has 1 nitrogen and oxygen atoms in total. The van der Waals surface area contributed by atoms with Gasteiger partial charge in [-0.1, -0.05) is 31.6 Å². The van der Waals surface area contributed by atoms with Gasteiger partial charge in [0.1, 0.15) is 0 Å². The van der Waals surface area contributed by atoms with Crippen molar-refractivity contribution in [2.45, 2.75) is 33.3 Å². The maximum atomic E-state index is 9.45. The van der Waals surface area contributed by atoms with Gasteiger partial charge in [0.25, 0.3) is 0 Å². The minimum Gasteiger partial charge on any atom is -0.385 e. The molecule has 1 N–H and O–H groups in total. The number of allylic oxidation sites excluding steroid dienone is 2. The van der Waals surface area contributed by atoms with E-state index in [-0.39, 0.29) is 6.10 Å². The number of hydrogen-bond donors (Lipinski definition) is 1. The summed E-state index contributed by atoms with van der Waals surface area (Å²) in [6, 6.07) is 0. The van der Waals surface area contributed by atoms with E-state index in [0.29, 0.717) is 5.92 Å². The van der Waals surface area contributed by atoms with Crippen molar-refractivity contribution in [3.8, 4) is 0 Å². The number of hydrogen-bond acceptors (Lipinski definition) is 1. The molecule has 1 rings (SSSR count). The number of aliphatic hydroxyl groups excluding tert-OH is 1. The van der Waals surface area contributed by atoms with Crippen LogP contribution in [-0.2, 0) is 0 Å². The molecule has 0 aromatic rings. The first-order valence-electron chi connectivity index (χ1n) is 4.16. The monoisotopic (exact) mass is 152 g/mol. The van der Waals surface area contributed by atoms with Crippen LogP contribution < -0.4 is 0 Å². The molecule has 0 radical (unpaired) electrons. The standard InChI is InChI=1S/C10H16O/c1-7(2)9-5-4-8(3)10(11)6-9/h4,6-7,10-11H,5H2,1-3H3. The average Bonchev–Trinajstić information content (AvgIpc) is 1.94. The predicted octanol–water partition coefficient (Wildman–Crippen LogP) is 2.28. The molecule has 0 aromatic heterocycles. The first-order valence-corrected chi connectivity index (χ1v) is 4.16. The molecule has 11 heavy (non-hydrogen) atoms. The Labute approximate surface area is 68.4 Å². The molecule has 1 atom stereocenters. The quantitative estimate of drug-likeness (QED) is 0.571. The lowest BCUT2D eigenvalue weighted by Crippen LogP contribution is -2.11. The minimum absolute atomic E-state index is 0.332. The van der Waals surface area contributed by atoms with Gasteiger partial charge in [-0.2, -0.15) is 0 Å². The van der Waals surface area contributed by atoms with Crippen molar-refractivity contribution in [2.24, 2.45) is 5.92 Å². The van der Waals surface area contributed by atoms with Gasteiger partial charge in [0.15, 0.2) is 0 Å². The second-order valence-corrected chi connectivity index (χ2v) is 3.49. The van der Waals surface area contributed by atoms with Gasteiger partial charge in [-0.25, -0.2) is 0 Å². The molecule has 0 aromatic carbocycles. The topological polar surface area (TPSA) is 20.2 Å². The van der Waals surface area contributed by atoms with Crippen molar-refractivity contribution in [3.63, 3.8) is 0 Å². The fourth-order valence-corrected chi connectivity index (χ4v) is 1.23. The third-order valence-electron chi connectivity index (χ3n) is 2.24. The van der Waals surface area contributed by atoms with Gasteiger partial charge in [0, 0.05) is 0 Å². The summed E-state index contributed by atoms with van der Waals surface area (Å²) in [5, 5.41) is 9.45. The summed E-state index contributed by atoms with van der Waals surface area (Å²) in [5.74, 6) is 0.564. The van der Waals surface area contributed by atoms with Crippen LogP contribution in [0.4, 0.5) is 0 Å². The van der Waals surface area contributed by atoms with Crippen LogP contribution in [0.3, 0.4) is 0 Å². The lowest BCUT2D eigenvalue weighted by Gasteiger charge is -2.18. The molecule has 0 heterocycles. The molecule has 0 aliphatic heterocycles. The van der Waals surface area contributed by atoms with E-state index in [1.54, 1.807) is 0 Å². The normalized spacial score (nSPS) is 25.0. The summed E-state index contributed by atoms with van der Waals surface area (Å²) in [7, 11) is 0. The molecular weight excluding hydrogens is 136 g/mol. The molecule has 1 aliphatic carbocycles. The van der Waals surface area contributed by atoms with E-state index in [1.165, 1.54) is 5.57 Å². The lowest BCUT2D eigenvalue weighted by atomic mass is 9.91. The highest BCUT2D eigenvalue weighted by atomic mass is 16.3. The van der Waals surface area contributed by atoms with Gasteiger partial charge in [-0.3, -0.25) is 0 Å². The Balaban J connectivity index is 2.69. The van der Waals surface area contributed by atoms with Crippen LogP contribution in [0.25, 0.3) is 0 Å². The fourth-order valence-electron chi connectivity index (χ4n) is 1.23. The predicted molar refractivity (Wildman–Crippen MR) is 47.3 cm³/mol. The van der Waals surface area contributed by atoms with E-state index in [1.807, 2.05) is 13.0 Å². The van der Waals surface area contributed by atoms with E-state index in [0.717, 1.165) is 12.0 Å². The van der Waals surface area contributed by atoms with Crippen LogP contribution in [0.5, 0.6) is 0 Å². The molecule has 1 heteroatoms. The highest BCUT2D eigenvalue weighted by Crippen LogP contribution is 2.22. The van der Waals surface area contributed by atoms with Crippen molar-refractivity contribution in [3.05, 3.63) is 23.3 Å². The van der Waals surface area contributed by atoms with Crippen LogP contribution in [0, 0.1) is 5.92 Å². The van der Waals surface area contributed by atoms with Crippen molar-refractivity contribution < 1.29 is 5.11 Å². The van der Waals surface area contributed by atoms with Crippen molar-refractivity contribution in [1.29, 1.82) is 0 Å². The summed E-state index contributed by atoms with van der Waals surface area (Å²) >= 11 is 0. The molecule has 0 fully saturated rings. The molecular formula is C10H16O. The summed E-state index contributed by atoms with van der Waals surface area (Å²) < 4.78 is 0. The zero-order chi connectivity index (χ0) is 8.43. The first kappa shape index (κ1) is 8.54. The second kappa shape index (κ2) is 3.22. The zero-order valence-corrected chi connectivity index (χ0v) is 7.46. The Morgan fingerprint density at radius 2 is 2.18 bits per heavy atom. The first-order chi connectivity index (χ1) is 5.11. The van der Waals surface area contributed by atoms with Crippen LogP contribution in [-0.4, -0.2) is 11.2 Å². The minimum atomic E-state index is -0.332. The maximum Gasteiger partial charge on any atom is 0.0932 e. The molecule has 62 valence electrons. The Morgan fingerprint density at radius 3 is 2.64 bits per heavy atom. The zero-order valence-electron chi connectivity index (χ0n) is 7.46. The largest absolute Gasteiger partial charge is 0.385 e. The van der Waals surface area contributed by atoms with E-state index < -0.39 is 0 Å². The Hall–Kier alpha value is -0.560. The lowest BCUT2D eigenvalue weighted by molar-refractivity contribution is 0.254. The Morgan fingerprint density at radius 1 is 1.55 bits per heavy atom.